The van der Waals surface area contributed by atoms with Crippen molar-refractivity contribution >= 4 is 15.9 Å². The van der Waals surface area contributed by atoms with Gasteiger partial charge in [-0.2, -0.15) is 4.31 Å². The van der Waals surface area contributed by atoms with Gasteiger partial charge in [0.25, 0.3) is 0 Å². The SMILES string of the molecule is CCC[C@H](N)C(=O)N(C)C1CCCN(S(=O)(=O)c2ccccc2)CC1O. The van der Waals surface area contributed by atoms with Crippen LogP contribution in [0, 0.1) is 0 Å². The minimum absolute atomic E-state index is 0.0392. The second-order valence-electron chi connectivity index (χ2n) is 6.80. The van der Waals surface area contributed by atoms with Gasteiger partial charge in [0.1, 0.15) is 0 Å². The maximum Gasteiger partial charge on any atom is 0.243 e. The van der Waals surface area contributed by atoms with Crippen LogP contribution < -0.4 is 5.73 Å². The molecule has 1 amide bonds. The number of β-amino-alcohol motifs (C(OH)–C–C–N with tert-alkyl or cyclic N) is 1. The van der Waals surface area contributed by atoms with Crippen molar-refractivity contribution in [3.63, 3.8) is 0 Å². The molecule has 0 saturated carbocycles. The van der Waals surface area contributed by atoms with Crippen molar-refractivity contribution in [2.45, 2.75) is 55.7 Å². The van der Waals surface area contributed by atoms with Crippen LogP contribution in [0.1, 0.15) is 32.6 Å². The zero-order chi connectivity index (χ0) is 19.3. The molecule has 1 fully saturated rings. The third kappa shape index (κ3) is 4.62. The van der Waals surface area contributed by atoms with Gasteiger partial charge in [0.05, 0.1) is 23.1 Å². The van der Waals surface area contributed by atoms with Gasteiger partial charge in [-0.25, -0.2) is 8.42 Å². The number of benzene rings is 1. The average molecular weight is 384 g/mol. The van der Waals surface area contributed by atoms with Gasteiger partial charge in [-0.15, -0.1) is 0 Å². The predicted molar refractivity (Wildman–Crippen MR) is 99.9 cm³/mol. The van der Waals surface area contributed by atoms with Crippen LogP contribution in [0.5, 0.6) is 0 Å². The number of hydrogen-bond acceptors (Lipinski definition) is 5. The molecule has 7 nitrogen and oxygen atoms in total. The van der Waals surface area contributed by atoms with E-state index in [1.807, 2.05) is 6.92 Å². The fourth-order valence-corrected chi connectivity index (χ4v) is 4.88. The van der Waals surface area contributed by atoms with E-state index < -0.39 is 28.2 Å². The summed E-state index contributed by atoms with van der Waals surface area (Å²) in [6.45, 7) is 2.23. The molecule has 8 heteroatoms. The van der Waals surface area contributed by atoms with Gasteiger partial charge in [0.15, 0.2) is 0 Å². The molecule has 1 aromatic carbocycles. The molecule has 0 aliphatic carbocycles. The fourth-order valence-electron chi connectivity index (χ4n) is 3.36. The molecule has 1 aromatic rings. The molecule has 146 valence electrons. The van der Waals surface area contributed by atoms with Crippen LogP contribution in [0.3, 0.4) is 0 Å². The summed E-state index contributed by atoms with van der Waals surface area (Å²) in [5.74, 6) is -0.213. The van der Waals surface area contributed by atoms with E-state index in [1.54, 1.807) is 37.4 Å². The Labute approximate surface area is 155 Å². The normalized spacial score (nSPS) is 23.2. The lowest BCUT2D eigenvalue weighted by Gasteiger charge is -2.33. The Morgan fingerprint density at radius 1 is 1.38 bits per heavy atom. The lowest BCUT2D eigenvalue weighted by molar-refractivity contribution is -0.136. The second kappa shape index (κ2) is 8.94. The van der Waals surface area contributed by atoms with E-state index in [-0.39, 0.29) is 17.3 Å². The largest absolute Gasteiger partial charge is 0.390 e. The molecular formula is C18H29N3O4S. The number of amides is 1. The topological polar surface area (TPSA) is 104 Å². The number of carbonyl (C=O) groups is 1. The monoisotopic (exact) mass is 383 g/mol. The maximum absolute atomic E-state index is 12.8. The van der Waals surface area contributed by atoms with Crippen molar-refractivity contribution in [3.05, 3.63) is 30.3 Å². The summed E-state index contributed by atoms with van der Waals surface area (Å²) < 4.78 is 26.9. The second-order valence-corrected chi connectivity index (χ2v) is 8.74. The lowest BCUT2D eigenvalue weighted by Crippen LogP contribution is -2.52. The number of hydrogen-bond donors (Lipinski definition) is 2. The minimum Gasteiger partial charge on any atom is -0.390 e. The molecule has 1 heterocycles. The summed E-state index contributed by atoms with van der Waals surface area (Å²) in [6, 6.07) is 7.15. The molecule has 0 aromatic heterocycles. The molecule has 0 radical (unpaired) electrons. The predicted octanol–water partition coefficient (Wildman–Crippen LogP) is 0.786. The van der Waals surface area contributed by atoms with Gasteiger partial charge >= 0.3 is 0 Å². The Morgan fingerprint density at radius 3 is 2.65 bits per heavy atom. The summed E-state index contributed by atoms with van der Waals surface area (Å²) in [5.41, 5.74) is 5.91. The molecule has 26 heavy (non-hydrogen) atoms. The number of aliphatic hydroxyl groups excluding tert-OH is 1. The van der Waals surface area contributed by atoms with E-state index in [4.69, 9.17) is 5.73 Å². The number of nitrogens with zero attached hydrogens (tertiary/aromatic N) is 2. The standard InChI is InChI=1S/C18H29N3O4S/c1-3-8-15(19)18(23)20(2)16-11-7-12-21(13-17(16)22)26(24,25)14-9-5-4-6-10-14/h4-6,9-10,15-17,22H,3,7-8,11-13,19H2,1-2H3/t15-,16?,17?/m0/s1. The van der Waals surface area contributed by atoms with Crippen molar-refractivity contribution in [1.82, 2.24) is 9.21 Å². The zero-order valence-corrected chi connectivity index (χ0v) is 16.2. The number of sulfonamides is 1. The molecule has 0 spiro atoms. The van der Waals surface area contributed by atoms with E-state index in [0.717, 1.165) is 6.42 Å². The molecule has 0 bridgehead atoms. The first-order chi connectivity index (χ1) is 12.3. The van der Waals surface area contributed by atoms with E-state index in [9.17, 15) is 18.3 Å². The summed E-state index contributed by atoms with van der Waals surface area (Å²) in [5, 5.41) is 10.6. The van der Waals surface area contributed by atoms with Crippen LogP contribution in [0.15, 0.2) is 35.2 Å². The number of likely N-dealkylation sites (N-methyl/N-ethyl adjacent to an activating group) is 1. The molecular weight excluding hydrogens is 354 g/mol. The van der Waals surface area contributed by atoms with Crippen LogP contribution in [-0.2, 0) is 14.8 Å². The zero-order valence-electron chi connectivity index (χ0n) is 15.4. The Kier molecular flexibility index (Phi) is 7.16. The maximum atomic E-state index is 12.8. The molecule has 1 aliphatic rings. The Balaban J connectivity index is 2.13. The van der Waals surface area contributed by atoms with Crippen molar-refractivity contribution in [1.29, 1.82) is 0 Å². The molecule has 3 N–H and O–H groups in total. The van der Waals surface area contributed by atoms with Crippen LogP contribution in [-0.4, -0.2) is 67.0 Å². The molecule has 1 aliphatic heterocycles. The van der Waals surface area contributed by atoms with Gasteiger partial charge in [-0.05, 0) is 31.4 Å². The van der Waals surface area contributed by atoms with Gasteiger partial charge in [0, 0.05) is 20.1 Å². The van der Waals surface area contributed by atoms with E-state index in [2.05, 4.69) is 0 Å². The molecule has 2 rings (SSSR count). The smallest absolute Gasteiger partial charge is 0.243 e. The summed E-state index contributed by atoms with van der Waals surface area (Å²) in [4.78, 5) is 14.1. The van der Waals surface area contributed by atoms with E-state index in [0.29, 0.717) is 25.8 Å². The number of nitrogens with two attached hydrogens (primary N) is 1. The van der Waals surface area contributed by atoms with Gasteiger partial charge in [0.2, 0.25) is 15.9 Å². The Bertz CT molecular complexity index is 696. The Morgan fingerprint density at radius 2 is 2.04 bits per heavy atom. The first-order valence-corrected chi connectivity index (χ1v) is 10.5. The van der Waals surface area contributed by atoms with Crippen molar-refractivity contribution in [3.8, 4) is 0 Å². The van der Waals surface area contributed by atoms with Crippen molar-refractivity contribution < 1.29 is 18.3 Å². The number of rotatable bonds is 6. The first kappa shape index (κ1) is 20.8. The lowest BCUT2D eigenvalue weighted by atomic mass is 10.0. The highest BCUT2D eigenvalue weighted by Gasteiger charge is 2.36. The van der Waals surface area contributed by atoms with Gasteiger partial charge < -0.3 is 15.7 Å². The fraction of sp³-hybridized carbons (Fsp3) is 0.611. The third-order valence-corrected chi connectivity index (χ3v) is 6.76. The number of aliphatic hydroxyl groups is 1. The summed E-state index contributed by atoms with van der Waals surface area (Å²) >= 11 is 0. The quantitative estimate of drug-likeness (QED) is 0.756. The summed E-state index contributed by atoms with van der Waals surface area (Å²) in [6.07, 6.45) is 1.52. The molecule has 2 unspecified atom stereocenters. The van der Waals surface area contributed by atoms with Crippen LogP contribution in [0.25, 0.3) is 0 Å². The Hall–Kier alpha value is -1.48. The van der Waals surface area contributed by atoms with Crippen LogP contribution in [0.4, 0.5) is 0 Å². The van der Waals surface area contributed by atoms with E-state index >= 15 is 0 Å². The molecule has 3 atom stereocenters. The van der Waals surface area contributed by atoms with Gasteiger partial charge in [-0.3, -0.25) is 4.79 Å². The summed E-state index contributed by atoms with van der Waals surface area (Å²) in [7, 11) is -2.04. The first-order valence-electron chi connectivity index (χ1n) is 9.04. The van der Waals surface area contributed by atoms with Crippen molar-refractivity contribution in [2.24, 2.45) is 5.73 Å². The third-order valence-electron chi connectivity index (χ3n) is 4.89. The number of carbonyl (C=O) groups excluding carboxylic acids is 1. The highest BCUT2D eigenvalue weighted by atomic mass is 32.2. The minimum atomic E-state index is -3.67. The van der Waals surface area contributed by atoms with Gasteiger partial charge in [-0.1, -0.05) is 31.5 Å². The average Bonchev–Trinajstić information content (AvgIpc) is 2.83. The van der Waals surface area contributed by atoms with Crippen LogP contribution >= 0.6 is 0 Å². The molecule has 1 saturated heterocycles. The van der Waals surface area contributed by atoms with Crippen molar-refractivity contribution in [2.75, 3.05) is 20.1 Å². The van der Waals surface area contributed by atoms with E-state index in [1.165, 1.54) is 9.21 Å². The highest BCUT2D eigenvalue weighted by molar-refractivity contribution is 7.89. The van der Waals surface area contributed by atoms with Crippen LogP contribution in [0.2, 0.25) is 0 Å². The highest BCUT2D eigenvalue weighted by Crippen LogP contribution is 2.23.